The van der Waals surface area contributed by atoms with Crippen molar-refractivity contribution in [2.75, 3.05) is 6.54 Å². The standard InChI is InChI=1S/C16H30N2O2/c1-3-4-5-6-12(2)17-16(20)11-18-13-7-8-14(18)10-15(19)9-13/h12-15,19H,3-11H2,1-2H3,(H,17,20). The van der Waals surface area contributed by atoms with E-state index in [1.807, 2.05) is 0 Å². The van der Waals surface area contributed by atoms with Crippen LogP contribution in [0, 0.1) is 0 Å². The van der Waals surface area contributed by atoms with E-state index in [1.165, 1.54) is 19.3 Å². The highest BCUT2D eigenvalue weighted by Crippen LogP contribution is 2.35. The van der Waals surface area contributed by atoms with E-state index in [4.69, 9.17) is 0 Å². The maximum atomic E-state index is 12.1. The fraction of sp³-hybridized carbons (Fsp3) is 0.938. The van der Waals surface area contributed by atoms with Gasteiger partial charge in [0, 0.05) is 18.1 Å². The Morgan fingerprint density at radius 1 is 1.30 bits per heavy atom. The van der Waals surface area contributed by atoms with Gasteiger partial charge in [0.1, 0.15) is 0 Å². The number of unbranched alkanes of at least 4 members (excludes halogenated alkanes) is 2. The molecule has 2 heterocycles. The summed E-state index contributed by atoms with van der Waals surface area (Å²) in [6, 6.07) is 1.12. The van der Waals surface area contributed by atoms with E-state index >= 15 is 0 Å². The van der Waals surface area contributed by atoms with Gasteiger partial charge in [0.25, 0.3) is 0 Å². The highest BCUT2D eigenvalue weighted by Gasteiger charge is 2.40. The molecule has 2 rings (SSSR count). The van der Waals surface area contributed by atoms with Crippen molar-refractivity contribution < 1.29 is 9.90 Å². The molecule has 0 aromatic rings. The van der Waals surface area contributed by atoms with Crippen molar-refractivity contribution in [3.63, 3.8) is 0 Å². The molecule has 3 unspecified atom stereocenters. The lowest BCUT2D eigenvalue weighted by Gasteiger charge is -2.36. The minimum atomic E-state index is -0.153. The quantitative estimate of drug-likeness (QED) is 0.703. The summed E-state index contributed by atoms with van der Waals surface area (Å²) in [7, 11) is 0. The summed E-state index contributed by atoms with van der Waals surface area (Å²) in [5, 5.41) is 12.9. The third-order valence-corrected chi connectivity index (χ3v) is 4.83. The van der Waals surface area contributed by atoms with Gasteiger partial charge in [0.05, 0.1) is 12.6 Å². The molecule has 2 N–H and O–H groups in total. The molecule has 0 radical (unpaired) electrons. The molecule has 0 aromatic heterocycles. The molecule has 0 saturated carbocycles. The Bertz CT molecular complexity index is 308. The first-order valence-corrected chi connectivity index (χ1v) is 8.33. The van der Waals surface area contributed by atoms with Crippen molar-refractivity contribution in [1.29, 1.82) is 0 Å². The van der Waals surface area contributed by atoms with Gasteiger partial charge in [-0.25, -0.2) is 0 Å². The first-order chi connectivity index (χ1) is 9.60. The molecule has 3 atom stereocenters. The lowest BCUT2D eigenvalue weighted by Crippen LogP contribution is -2.50. The zero-order valence-electron chi connectivity index (χ0n) is 13.0. The number of hydrogen-bond acceptors (Lipinski definition) is 3. The second kappa shape index (κ2) is 7.41. The van der Waals surface area contributed by atoms with Gasteiger partial charge in [-0.2, -0.15) is 0 Å². The van der Waals surface area contributed by atoms with E-state index in [0.29, 0.717) is 18.6 Å². The van der Waals surface area contributed by atoms with Gasteiger partial charge < -0.3 is 10.4 Å². The smallest absolute Gasteiger partial charge is 0.234 e. The molecular weight excluding hydrogens is 252 g/mol. The Balaban J connectivity index is 1.72. The van der Waals surface area contributed by atoms with Gasteiger partial charge in [0.15, 0.2) is 0 Å². The summed E-state index contributed by atoms with van der Waals surface area (Å²) in [5.41, 5.74) is 0. The summed E-state index contributed by atoms with van der Waals surface area (Å²) in [6.45, 7) is 4.81. The number of carbonyl (C=O) groups excluding carboxylic acids is 1. The predicted octanol–water partition coefficient (Wildman–Crippen LogP) is 2.06. The first kappa shape index (κ1) is 15.8. The molecule has 0 aromatic carbocycles. The molecule has 20 heavy (non-hydrogen) atoms. The van der Waals surface area contributed by atoms with Crippen molar-refractivity contribution in [3.05, 3.63) is 0 Å². The van der Waals surface area contributed by atoms with Gasteiger partial charge in [0.2, 0.25) is 5.91 Å². The lowest BCUT2D eigenvalue weighted by atomic mass is 10.00. The number of piperidine rings is 1. The van der Waals surface area contributed by atoms with E-state index in [2.05, 4.69) is 24.1 Å². The minimum absolute atomic E-state index is 0.153. The van der Waals surface area contributed by atoms with Crippen LogP contribution in [0.5, 0.6) is 0 Å². The van der Waals surface area contributed by atoms with E-state index < -0.39 is 0 Å². The van der Waals surface area contributed by atoms with Crippen LogP contribution in [0.15, 0.2) is 0 Å². The number of aliphatic hydroxyl groups is 1. The summed E-state index contributed by atoms with van der Waals surface area (Å²) >= 11 is 0. The molecule has 2 aliphatic rings. The molecule has 2 aliphatic heterocycles. The van der Waals surface area contributed by atoms with Crippen LogP contribution in [0.25, 0.3) is 0 Å². The number of nitrogens with zero attached hydrogens (tertiary/aromatic N) is 1. The molecule has 4 heteroatoms. The molecule has 1 amide bonds. The van der Waals surface area contributed by atoms with E-state index in [9.17, 15) is 9.90 Å². The number of carbonyl (C=O) groups is 1. The van der Waals surface area contributed by atoms with Gasteiger partial charge in [-0.1, -0.05) is 26.2 Å². The first-order valence-electron chi connectivity index (χ1n) is 8.33. The van der Waals surface area contributed by atoms with Crippen molar-refractivity contribution in [3.8, 4) is 0 Å². The van der Waals surface area contributed by atoms with Crippen LogP contribution in [0.4, 0.5) is 0 Å². The van der Waals surface area contributed by atoms with Crippen molar-refractivity contribution in [2.24, 2.45) is 0 Å². The highest BCUT2D eigenvalue weighted by atomic mass is 16.3. The third-order valence-electron chi connectivity index (χ3n) is 4.83. The average molecular weight is 282 g/mol. The Labute approximate surface area is 122 Å². The third kappa shape index (κ3) is 4.19. The monoisotopic (exact) mass is 282 g/mol. The zero-order valence-corrected chi connectivity index (χ0v) is 13.0. The van der Waals surface area contributed by atoms with E-state index in [-0.39, 0.29) is 18.1 Å². The number of amides is 1. The van der Waals surface area contributed by atoms with Crippen LogP contribution in [-0.2, 0) is 4.79 Å². The fourth-order valence-electron chi connectivity index (χ4n) is 3.76. The van der Waals surface area contributed by atoms with Gasteiger partial charge in [-0.15, -0.1) is 0 Å². The molecule has 2 bridgehead atoms. The molecule has 0 aliphatic carbocycles. The zero-order chi connectivity index (χ0) is 14.5. The van der Waals surface area contributed by atoms with Crippen LogP contribution in [0.3, 0.4) is 0 Å². The number of aliphatic hydroxyl groups excluding tert-OH is 1. The summed E-state index contributed by atoms with van der Waals surface area (Å²) in [4.78, 5) is 14.5. The number of hydrogen-bond donors (Lipinski definition) is 2. The van der Waals surface area contributed by atoms with Crippen LogP contribution in [0.1, 0.15) is 65.2 Å². The normalized spacial score (nSPS) is 31.2. The average Bonchev–Trinajstić information content (AvgIpc) is 2.62. The van der Waals surface area contributed by atoms with Crippen molar-refractivity contribution >= 4 is 5.91 Å². The number of nitrogens with one attached hydrogen (secondary N) is 1. The summed E-state index contributed by atoms with van der Waals surface area (Å²) in [5.74, 6) is 0.155. The van der Waals surface area contributed by atoms with E-state index in [0.717, 1.165) is 32.1 Å². The largest absolute Gasteiger partial charge is 0.393 e. The van der Waals surface area contributed by atoms with Crippen LogP contribution in [-0.4, -0.2) is 46.7 Å². The lowest BCUT2D eigenvalue weighted by molar-refractivity contribution is -0.124. The highest BCUT2D eigenvalue weighted by molar-refractivity contribution is 5.78. The second-order valence-electron chi connectivity index (χ2n) is 6.65. The molecule has 2 saturated heterocycles. The van der Waals surface area contributed by atoms with E-state index in [1.54, 1.807) is 0 Å². The van der Waals surface area contributed by atoms with Crippen LogP contribution < -0.4 is 5.32 Å². The number of rotatable bonds is 7. The Morgan fingerprint density at radius 2 is 1.95 bits per heavy atom. The number of fused-ring (bicyclic) bond motifs is 2. The van der Waals surface area contributed by atoms with Gasteiger partial charge >= 0.3 is 0 Å². The minimum Gasteiger partial charge on any atom is -0.393 e. The Kier molecular flexibility index (Phi) is 5.85. The maximum absolute atomic E-state index is 12.1. The maximum Gasteiger partial charge on any atom is 0.234 e. The summed E-state index contributed by atoms with van der Waals surface area (Å²) in [6.07, 6.45) is 8.55. The Hall–Kier alpha value is -0.610. The topological polar surface area (TPSA) is 52.6 Å². The van der Waals surface area contributed by atoms with Crippen molar-refractivity contribution in [2.45, 2.75) is 89.4 Å². The predicted molar refractivity (Wildman–Crippen MR) is 80.5 cm³/mol. The molecule has 2 fully saturated rings. The summed E-state index contributed by atoms with van der Waals surface area (Å²) < 4.78 is 0. The van der Waals surface area contributed by atoms with Crippen LogP contribution in [0.2, 0.25) is 0 Å². The molecule has 116 valence electrons. The molecule has 4 nitrogen and oxygen atoms in total. The second-order valence-corrected chi connectivity index (χ2v) is 6.65. The van der Waals surface area contributed by atoms with Crippen LogP contribution >= 0.6 is 0 Å². The van der Waals surface area contributed by atoms with Crippen molar-refractivity contribution in [1.82, 2.24) is 10.2 Å². The molecular formula is C16H30N2O2. The van der Waals surface area contributed by atoms with Gasteiger partial charge in [-0.05, 0) is 39.0 Å². The Morgan fingerprint density at radius 3 is 2.55 bits per heavy atom. The fourth-order valence-corrected chi connectivity index (χ4v) is 3.76. The SMILES string of the molecule is CCCCCC(C)NC(=O)CN1C2CCC1CC(O)C2. The molecule has 0 spiro atoms. The van der Waals surface area contributed by atoms with Gasteiger partial charge in [-0.3, -0.25) is 9.69 Å².